The van der Waals surface area contributed by atoms with Crippen LogP contribution in [0.15, 0.2) is 17.6 Å². The molecule has 0 saturated carbocycles. The second kappa shape index (κ2) is 10.7. The van der Waals surface area contributed by atoms with Crippen LogP contribution in [0.1, 0.15) is 39.1 Å². The van der Waals surface area contributed by atoms with E-state index in [-0.39, 0.29) is 0 Å². The van der Waals surface area contributed by atoms with Gasteiger partial charge in [0.1, 0.15) is 0 Å². The summed E-state index contributed by atoms with van der Waals surface area (Å²) in [7, 11) is 1.73. The van der Waals surface area contributed by atoms with Crippen LogP contribution >= 0.6 is 0 Å². The van der Waals surface area contributed by atoms with Gasteiger partial charge >= 0.3 is 0 Å². The van der Waals surface area contributed by atoms with Crippen LogP contribution in [0.2, 0.25) is 0 Å². The SMILES string of the molecule is C=Cn1nc(C)cc1C=NC.CC.CC. The molecule has 0 spiro atoms. The smallest absolute Gasteiger partial charge is 0.0842 e. The molecule has 0 saturated heterocycles. The lowest BCUT2D eigenvalue weighted by Gasteiger charge is -1.91. The molecule has 0 bridgehead atoms. The molecule has 0 N–H and O–H groups in total. The number of aliphatic imine (C=N–C) groups is 1. The number of rotatable bonds is 2. The van der Waals surface area contributed by atoms with Crippen LogP contribution in [-0.2, 0) is 0 Å². The fourth-order valence-electron chi connectivity index (χ4n) is 0.912. The molecule has 0 aliphatic heterocycles. The van der Waals surface area contributed by atoms with Crippen molar-refractivity contribution in [1.29, 1.82) is 0 Å². The first kappa shape index (κ1) is 16.1. The van der Waals surface area contributed by atoms with E-state index >= 15 is 0 Å². The van der Waals surface area contributed by atoms with Crippen molar-refractivity contribution in [2.75, 3.05) is 7.05 Å². The molecule has 0 unspecified atom stereocenters. The van der Waals surface area contributed by atoms with E-state index in [2.05, 4.69) is 16.7 Å². The molecule has 3 nitrogen and oxygen atoms in total. The predicted molar refractivity (Wildman–Crippen MR) is 69.6 cm³/mol. The minimum atomic E-state index is 0.958. The molecule has 3 heteroatoms. The first-order chi connectivity index (χ1) is 7.27. The lowest BCUT2D eigenvalue weighted by Crippen LogP contribution is -1.94. The van der Waals surface area contributed by atoms with Gasteiger partial charge in [-0.15, -0.1) is 0 Å². The van der Waals surface area contributed by atoms with Gasteiger partial charge in [0.05, 0.1) is 11.4 Å². The van der Waals surface area contributed by atoms with Crippen LogP contribution < -0.4 is 0 Å². The number of aromatic nitrogens is 2. The normalized spacial score (nSPS) is 8.67. The van der Waals surface area contributed by atoms with Gasteiger partial charge < -0.3 is 0 Å². The molecule has 0 radical (unpaired) electrons. The quantitative estimate of drug-likeness (QED) is 0.687. The summed E-state index contributed by atoms with van der Waals surface area (Å²) in [5.41, 5.74) is 1.93. The molecule has 0 fully saturated rings. The third kappa shape index (κ3) is 5.83. The van der Waals surface area contributed by atoms with Gasteiger partial charge in [0.25, 0.3) is 0 Å². The third-order valence-electron chi connectivity index (χ3n) is 1.32. The van der Waals surface area contributed by atoms with E-state index in [1.165, 1.54) is 0 Å². The maximum atomic E-state index is 4.16. The van der Waals surface area contributed by atoms with Gasteiger partial charge in [-0.05, 0) is 13.0 Å². The lowest BCUT2D eigenvalue weighted by atomic mass is 10.4. The highest BCUT2D eigenvalue weighted by Gasteiger charge is 1.97. The molecule has 1 rings (SSSR count). The Kier molecular flexibility index (Phi) is 11.5. The summed E-state index contributed by atoms with van der Waals surface area (Å²) in [6.45, 7) is 13.6. The maximum Gasteiger partial charge on any atom is 0.0842 e. The summed E-state index contributed by atoms with van der Waals surface area (Å²) in [5.74, 6) is 0. The molecule has 0 aliphatic carbocycles. The van der Waals surface area contributed by atoms with Crippen molar-refractivity contribution in [3.8, 4) is 0 Å². The van der Waals surface area contributed by atoms with Crippen molar-refractivity contribution >= 4 is 12.4 Å². The number of hydrogen-bond donors (Lipinski definition) is 0. The Hall–Kier alpha value is -1.38. The van der Waals surface area contributed by atoms with Gasteiger partial charge in [-0.2, -0.15) is 5.10 Å². The molecule has 0 aromatic carbocycles. The highest BCUT2D eigenvalue weighted by atomic mass is 15.3. The van der Waals surface area contributed by atoms with Crippen molar-refractivity contribution in [3.05, 3.63) is 24.0 Å². The molecule has 15 heavy (non-hydrogen) atoms. The third-order valence-corrected chi connectivity index (χ3v) is 1.32. The van der Waals surface area contributed by atoms with Gasteiger partial charge in [0.15, 0.2) is 0 Å². The van der Waals surface area contributed by atoms with Gasteiger partial charge in [-0.1, -0.05) is 34.3 Å². The highest BCUT2D eigenvalue weighted by Crippen LogP contribution is 2.00. The molecular formula is C12H23N3. The molecule has 0 amide bonds. The minimum absolute atomic E-state index is 0.958. The highest BCUT2D eigenvalue weighted by molar-refractivity contribution is 5.78. The van der Waals surface area contributed by atoms with Crippen LogP contribution in [0.5, 0.6) is 0 Å². The zero-order valence-corrected chi connectivity index (χ0v) is 10.8. The van der Waals surface area contributed by atoms with E-state index < -0.39 is 0 Å². The van der Waals surface area contributed by atoms with E-state index in [0.29, 0.717) is 0 Å². The summed E-state index contributed by atoms with van der Waals surface area (Å²) >= 11 is 0. The predicted octanol–water partition coefficient (Wildman–Crippen LogP) is 3.39. The van der Waals surface area contributed by atoms with Gasteiger partial charge in [0.2, 0.25) is 0 Å². The largest absolute Gasteiger partial charge is 0.294 e. The van der Waals surface area contributed by atoms with Crippen LogP contribution in [0, 0.1) is 6.92 Å². The summed E-state index contributed by atoms with van der Waals surface area (Å²) in [6, 6.07) is 1.95. The Morgan fingerprint density at radius 1 is 1.33 bits per heavy atom. The second-order valence-corrected chi connectivity index (χ2v) is 2.23. The fourth-order valence-corrected chi connectivity index (χ4v) is 0.912. The summed E-state index contributed by atoms with van der Waals surface area (Å²) in [6.07, 6.45) is 3.41. The standard InChI is InChI=1S/C8H11N3.2C2H6/c1-4-11-8(6-9-3)5-7(2)10-11;2*1-2/h4-6H,1H2,2-3H3;2*1-2H3. The van der Waals surface area contributed by atoms with Crippen molar-refractivity contribution in [2.45, 2.75) is 34.6 Å². The average molecular weight is 209 g/mol. The lowest BCUT2D eigenvalue weighted by molar-refractivity contribution is 0.907. The Labute approximate surface area is 93.5 Å². The maximum absolute atomic E-state index is 4.16. The van der Waals surface area contributed by atoms with E-state index in [1.54, 1.807) is 24.1 Å². The molecule has 86 valence electrons. The summed E-state index contributed by atoms with van der Waals surface area (Å²) in [5, 5.41) is 4.16. The van der Waals surface area contributed by atoms with Crippen molar-refractivity contribution in [3.63, 3.8) is 0 Å². The summed E-state index contributed by atoms with van der Waals surface area (Å²) < 4.78 is 1.70. The Morgan fingerprint density at radius 2 is 1.87 bits per heavy atom. The van der Waals surface area contributed by atoms with E-state index in [0.717, 1.165) is 11.4 Å². The van der Waals surface area contributed by atoms with Crippen molar-refractivity contribution in [1.82, 2.24) is 9.78 Å². The van der Waals surface area contributed by atoms with Gasteiger partial charge in [-0.3, -0.25) is 4.99 Å². The zero-order valence-electron chi connectivity index (χ0n) is 10.8. The first-order valence-corrected chi connectivity index (χ1v) is 5.39. The molecular weight excluding hydrogens is 186 g/mol. The van der Waals surface area contributed by atoms with Gasteiger partial charge in [0, 0.05) is 19.5 Å². The first-order valence-electron chi connectivity index (χ1n) is 5.39. The fraction of sp³-hybridized carbons (Fsp3) is 0.500. The van der Waals surface area contributed by atoms with Crippen LogP contribution in [-0.4, -0.2) is 23.0 Å². The van der Waals surface area contributed by atoms with Crippen molar-refractivity contribution in [2.24, 2.45) is 4.99 Å². The molecule has 0 aliphatic rings. The monoisotopic (exact) mass is 209 g/mol. The van der Waals surface area contributed by atoms with Crippen LogP contribution in [0.4, 0.5) is 0 Å². The number of hydrogen-bond acceptors (Lipinski definition) is 2. The van der Waals surface area contributed by atoms with Crippen LogP contribution in [0.3, 0.4) is 0 Å². The molecule has 1 aromatic rings. The molecule has 0 atom stereocenters. The second-order valence-electron chi connectivity index (χ2n) is 2.23. The van der Waals surface area contributed by atoms with E-state index in [4.69, 9.17) is 0 Å². The van der Waals surface area contributed by atoms with E-state index in [9.17, 15) is 0 Å². The van der Waals surface area contributed by atoms with Gasteiger partial charge in [-0.25, -0.2) is 4.68 Å². The molecule has 1 aromatic heterocycles. The van der Waals surface area contributed by atoms with Crippen LogP contribution in [0.25, 0.3) is 6.20 Å². The topological polar surface area (TPSA) is 30.2 Å². The Bertz CT molecular complexity index is 285. The Balaban J connectivity index is 0. The molecule has 1 heterocycles. The van der Waals surface area contributed by atoms with Crippen molar-refractivity contribution < 1.29 is 0 Å². The minimum Gasteiger partial charge on any atom is -0.294 e. The van der Waals surface area contributed by atoms with E-state index in [1.807, 2.05) is 40.7 Å². The summed E-state index contributed by atoms with van der Waals surface area (Å²) in [4.78, 5) is 3.89. The number of aryl methyl sites for hydroxylation is 1. The average Bonchev–Trinajstić information content (AvgIpc) is 2.65. The number of nitrogens with zero attached hydrogens (tertiary/aromatic N) is 3. The Morgan fingerprint density at radius 3 is 2.27 bits per heavy atom. The zero-order chi connectivity index (χ0) is 12.3.